The maximum Gasteiger partial charge on any atom is 0.214 e. The molecule has 1 aromatic heterocycles. The van der Waals surface area contributed by atoms with E-state index in [0.717, 1.165) is 17.9 Å². The van der Waals surface area contributed by atoms with E-state index in [9.17, 15) is 0 Å². The van der Waals surface area contributed by atoms with E-state index in [4.69, 9.17) is 9.47 Å². The van der Waals surface area contributed by atoms with E-state index in [1.54, 1.807) is 30.7 Å². The van der Waals surface area contributed by atoms with Crippen molar-refractivity contribution >= 4 is 11.8 Å². The SMILES string of the molecule is CCC(Sc1nnnn1-c1cc(OC)ccc1OC)c1ccccc1. The van der Waals surface area contributed by atoms with Crippen molar-refractivity contribution < 1.29 is 9.47 Å². The van der Waals surface area contributed by atoms with Crippen LogP contribution in [0.1, 0.15) is 24.2 Å². The first kappa shape index (κ1) is 17.3. The molecule has 0 bridgehead atoms. The van der Waals surface area contributed by atoms with Gasteiger partial charge in [-0.25, -0.2) is 0 Å². The maximum atomic E-state index is 5.46. The molecule has 0 aliphatic carbocycles. The Bertz CT molecular complexity index is 823. The summed E-state index contributed by atoms with van der Waals surface area (Å²) in [5.74, 6) is 1.40. The van der Waals surface area contributed by atoms with Crippen LogP contribution in [0, 0.1) is 0 Å². The van der Waals surface area contributed by atoms with Crippen LogP contribution in [0.3, 0.4) is 0 Å². The normalized spacial score (nSPS) is 12.0. The molecule has 0 saturated carbocycles. The molecule has 0 amide bonds. The molecule has 0 spiro atoms. The van der Waals surface area contributed by atoms with Gasteiger partial charge in [0.2, 0.25) is 5.16 Å². The van der Waals surface area contributed by atoms with Crippen LogP contribution >= 0.6 is 11.8 Å². The molecule has 3 rings (SSSR count). The summed E-state index contributed by atoms with van der Waals surface area (Å²) >= 11 is 1.63. The molecule has 1 unspecified atom stereocenters. The molecule has 0 aliphatic heterocycles. The first-order chi connectivity index (χ1) is 12.3. The van der Waals surface area contributed by atoms with Crippen LogP contribution in [0.15, 0.2) is 53.7 Å². The lowest BCUT2D eigenvalue weighted by molar-refractivity contribution is 0.399. The lowest BCUT2D eigenvalue weighted by atomic mass is 10.1. The molecule has 0 fully saturated rings. The van der Waals surface area contributed by atoms with Gasteiger partial charge in [-0.05, 0) is 34.5 Å². The standard InChI is InChI=1S/C18H20N4O2S/c1-4-17(13-8-6-5-7-9-13)25-18-19-20-21-22(18)15-12-14(23-2)10-11-16(15)24-3/h5-12,17H,4H2,1-3H3. The zero-order valence-corrected chi connectivity index (χ0v) is 15.2. The summed E-state index contributed by atoms with van der Waals surface area (Å²) in [4.78, 5) is 0. The van der Waals surface area contributed by atoms with Gasteiger partial charge in [0.1, 0.15) is 17.2 Å². The van der Waals surface area contributed by atoms with Gasteiger partial charge in [0.25, 0.3) is 0 Å². The number of thioether (sulfide) groups is 1. The van der Waals surface area contributed by atoms with E-state index in [-0.39, 0.29) is 5.25 Å². The van der Waals surface area contributed by atoms with Gasteiger partial charge in [-0.2, -0.15) is 4.68 Å². The predicted molar refractivity (Wildman–Crippen MR) is 97.6 cm³/mol. The van der Waals surface area contributed by atoms with Crippen molar-refractivity contribution in [1.82, 2.24) is 20.2 Å². The topological polar surface area (TPSA) is 62.1 Å². The highest BCUT2D eigenvalue weighted by atomic mass is 32.2. The Kier molecular flexibility index (Phi) is 5.55. The molecule has 1 heterocycles. The van der Waals surface area contributed by atoms with Crippen LogP contribution in [0.4, 0.5) is 0 Å². The first-order valence-electron chi connectivity index (χ1n) is 7.99. The number of nitrogens with zero attached hydrogens (tertiary/aromatic N) is 4. The second kappa shape index (κ2) is 8.02. The van der Waals surface area contributed by atoms with Crippen molar-refractivity contribution in [2.24, 2.45) is 0 Å². The Morgan fingerprint density at radius 3 is 2.56 bits per heavy atom. The predicted octanol–water partition coefficient (Wildman–Crippen LogP) is 3.92. The van der Waals surface area contributed by atoms with Crippen LogP contribution in [-0.4, -0.2) is 34.4 Å². The summed E-state index contributed by atoms with van der Waals surface area (Å²) in [5.41, 5.74) is 2.00. The average Bonchev–Trinajstić information content (AvgIpc) is 3.14. The first-order valence-corrected chi connectivity index (χ1v) is 8.87. The summed E-state index contributed by atoms with van der Waals surface area (Å²) < 4.78 is 12.5. The maximum absolute atomic E-state index is 5.46. The zero-order valence-electron chi connectivity index (χ0n) is 14.4. The fourth-order valence-corrected chi connectivity index (χ4v) is 3.58. The van der Waals surface area contributed by atoms with Crippen molar-refractivity contribution in [1.29, 1.82) is 0 Å². The van der Waals surface area contributed by atoms with Crippen molar-refractivity contribution in [2.45, 2.75) is 23.8 Å². The molecule has 0 saturated heterocycles. The second-order valence-electron chi connectivity index (χ2n) is 5.34. The second-order valence-corrected chi connectivity index (χ2v) is 6.51. The largest absolute Gasteiger partial charge is 0.497 e. The van der Waals surface area contributed by atoms with Crippen molar-refractivity contribution in [2.75, 3.05) is 14.2 Å². The van der Waals surface area contributed by atoms with E-state index in [1.807, 2.05) is 36.4 Å². The van der Waals surface area contributed by atoms with Gasteiger partial charge in [0.15, 0.2) is 0 Å². The van der Waals surface area contributed by atoms with Crippen LogP contribution in [0.2, 0.25) is 0 Å². The Morgan fingerprint density at radius 2 is 1.88 bits per heavy atom. The number of methoxy groups -OCH3 is 2. The highest BCUT2D eigenvalue weighted by molar-refractivity contribution is 7.99. The molecule has 1 atom stereocenters. The molecule has 0 aliphatic rings. The molecule has 3 aromatic rings. The van der Waals surface area contributed by atoms with Crippen molar-refractivity contribution in [3.63, 3.8) is 0 Å². The van der Waals surface area contributed by atoms with Crippen LogP contribution < -0.4 is 9.47 Å². The Morgan fingerprint density at radius 1 is 1.08 bits per heavy atom. The average molecular weight is 356 g/mol. The molecule has 0 radical (unpaired) electrons. The lowest BCUT2D eigenvalue weighted by Crippen LogP contribution is -2.04. The summed E-state index contributed by atoms with van der Waals surface area (Å²) in [5, 5.41) is 13.2. The third kappa shape index (κ3) is 3.76. The quantitative estimate of drug-likeness (QED) is 0.598. The molecule has 25 heavy (non-hydrogen) atoms. The fraction of sp³-hybridized carbons (Fsp3) is 0.278. The van der Waals surface area contributed by atoms with E-state index < -0.39 is 0 Å². The number of ether oxygens (including phenoxy) is 2. The minimum absolute atomic E-state index is 0.266. The van der Waals surface area contributed by atoms with Crippen LogP contribution in [-0.2, 0) is 0 Å². The Labute approximate surface area is 151 Å². The van der Waals surface area contributed by atoms with Crippen LogP contribution in [0.5, 0.6) is 11.5 Å². The zero-order chi connectivity index (χ0) is 17.6. The summed E-state index contributed by atoms with van der Waals surface area (Å²) in [6.07, 6.45) is 0.969. The summed E-state index contributed by atoms with van der Waals surface area (Å²) in [6.45, 7) is 2.16. The molecule has 6 nitrogen and oxygen atoms in total. The van der Waals surface area contributed by atoms with Crippen LogP contribution in [0.25, 0.3) is 5.69 Å². The molecular weight excluding hydrogens is 336 g/mol. The number of hydrogen-bond acceptors (Lipinski definition) is 6. The van der Waals surface area contributed by atoms with Gasteiger partial charge in [-0.15, -0.1) is 5.10 Å². The van der Waals surface area contributed by atoms with Gasteiger partial charge < -0.3 is 9.47 Å². The molecular formula is C18H20N4O2S. The minimum Gasteiger partial charge on any atom is -0.497 e. The van der Waals surface area contributed by atoms with E-state index in [2.05, 4.69) is 34.6 Å². The third-order valence-electron chi connectivity index (χ3n) is 3.84. The fourth-order valence-electron chi connectivity index (χ4n) is 2.55. The van der Waals surface area contributed by atoms with Crippen molar-refractivity contribution in [3.8, 4) is 17.2 Å². The highest BCUT2D eigenvalue weighted by Crippen LogP contribution is 2.38. The van der Waals surface area contributed by atoms with E-state index >= 15 is 0 Å². The molecule has 7 heteroatoms. The van der Waals surface area contributed by atoms with E-state index in [1.165, 1.54) is 5.56 Å². The van der Waals surface area contributed by atoms with Gasteiger partial charge in [0.05, 0.1) is 14.2 Å². The van der Waals surface area contributed by atoms with E-state index in [0.29, 0.717) is 10.9 Å². The number of rotatable bonds is 7. The van der Waals surface area contributed by atoms with Gasteiger partial charge in [-0.3, -0.25) is 0 Å². The van der Waals surface area contributed by atoms with Gasteiger partial charge in [0, 0.05) is 11.3 Å². The Hall–Kier alpha value is -2.54. The number of aromatic nitrogens is 4. The number of hydrogen-bond donors (Lipinski definition) is 0. The molecule has 2 aromatic carbocycles. The molecule has 0 N–H and O–H groups in total. The minimum atomic E-state index is 0.266. The van der Waals surface area contributed by atoms with Gasteiger partial charge >= 0.3 is 0 Å². The smallest absolute Gasteiger partial charge is 0.214 e. The summed E-state index contributed by atoms with van der Waals surface area (Å²) in [7, 11) is 3.25. The highest BCUT2D eigenvalue weighted by Gasteiger charge is 2.19. The number of benzene rings is 2. The molecule has 130 valence electrons. The summed E-state index contributed by atoms with van der Waals surface area (Å²) in [6, 6.07) is 15.9. The third-order valence-corrected chi connectivity index (χ3v) is 5.20. The van der Waals surface area contributed by atoms with Crippen molar-refractivity contribution in [3.05, 3.63) is 54.1 Å². The number of tetrazole rings is 1. The van der Waals surface area contributed by atoms with Gasteiger partial charge in [-0.1, -0.05) is 49.0 Å². The lowest BCUT2D eigenvalue weighted by Gasteiger charge is -2.15. The Balaban J connectivity index is 1.96. The monoisotopic (exact) mass is 356 g/mol.